The van der Waals surface area contributed by atoms with Gasteiger partial charge in [0.15, 0.2) is 0 Å². The molecular formula is C12H15BrO4. The summed E-state index contributed by atoms with van der Waals surface area (Å²) in [6.07, 6.45) is -0.0562. The standard InChI is InChI=1S/C12H15BrO4/c1-12(2,6-11(15)16)7-4-8(13)10(17-3)5-9(7)14/h4-5,14H,6H2,1-3H3,(H,15,16). The number of carboxylic acid groups (broad SMARTS) is 1. The van der Waals surface area contributed by atoms with Gasteiger partial charge in [-0.05, 0) is 22.0 Å². The van der Waals surface area contributed by atoms with E-state index in [-0.39, 0.29) is 12.2 Å². The Hall–Kier alpha value is -1.23. The van der Waals surface area contributed by atoms with Gasteiger partial charge < -0.3 is 14.9 Å². The van der Waals surface area contributed by atoms with Crippen molar-refractivity contribution in [1.29, 1.82) is 0 Å². The number of ether oxygens (including phenoxy) is 1. The third kappa shape index (κ3) is 3.12. The largest absolute Gasteiger partial charge is 0.508 e. The summed E-state index contributed by atoms with van der Waals surface area (Å²) in [7, 11) is 1.50. The van der Waals surface area contributed by atoms with Gasteiger partial charge >= 0.3 is 5.97 Å². The van der Waals surface area contributed by atoms with E-state index in [1.54, 1.807) is 19.9 Å². The fourth-order valence-corrected chi connectivity index (χ4v) is 2.22. The topological polar surface area (TPSA) is 66.8 Å². The Morgan fingerprint density at radius 1 is 1.47 bits per heavy atom. The second-order valence-corrected chi connectivity index (χ2v) is 5.31. The molecule has 4 nitrogen and oxygen atoms in total. The van der Waals surface area contributed by atoms with Crippen LogP contribution in [-0.2, 0) is 10.2 Å². The lowest BCUT2D eigenvalue weighted by molar-refractivity contribution is -0.138. The van der Waals surface area contributed by atoms with Crippen molar-refractivity contribution in [3.63, 3.8) is 0 Å². The van der Waals surface area contributed by atoms with Gasteiger partial charge in [0.2, 0.25) is 0 Å². The molecule has 0 bridgehead atoms. The van der Waals surface area contributed by atoms with E-state index in [1.165, 1.54) is 13.2 Å². The highest BCUT2D eigenvalue weighted by atomic mass is 79.9. The molecule has 1 rings (SSSR count). The van der Waals surface area contributed by atoms with Crippen molar-refractivity contribution in [2.24, 2.45) is 0 Å². The van der Waals surface area contributed by atoms with Gasteiger partial charge in [0.05, 0.1) is 18.0 Å². The van der Waals surface area contributed by atoms with Crippen molar-refractivity contribution < 1.29 is 19.7 Å². The van der Waals surface area contributed by atoms with E-state index in [0.717, 1.165) is 0 Å². The number of aromatic hydroxyl groups is 1. The summed E-state index contributed by atoms with van der Waals surface area (Å²) in [5, 5.41) is 18.8. The number of methoxy groups -OCH3 is 1. The van der Waals surface area contributed by atoms with Gasteiger partial charge in [-0.3, -0.25) is 4.79 Å². The van der Waals surface area contributed by atoms with E-state index >= 15 is 0 Å². The summed E-state index contributed by atoms with van der Waals surface area (Å²) in [5.41, 5.74) is -0.0716. The minimum Gasteiger partial charge on any atom is -0.508 e. The molecule has 0 aromatic heterocycles. The van der Waals surface area contributed by atoms with Crippen LogP contribution >= 0.6 is 15.9 Å². The van der Waals surface area contributed by atoms with Crippen LogP contribution in [0.25, 0.3) is 0 Å². The molecule has 0 amide bonds. The maximum atomic E-state index is 10.8. The molecule has 2 N–H and O–H groups in total. The normalized spacial score (nSPS) is 11.3. The zero-order valence-electron chi connectivity index (χ0n) is 9.95. The molecule has 0 unspecified atom stereocenters. The smallest absolute Gasteiger partial charge is 0.304 e. The van der Waals surface area contributed by atoms with Crippen molar-refractivity contribution in [2.45, 2.75) is 25.7 Å². The Labute approximate surface area is 108 Å². The van der Waals surface area contributed by atoms with Crippen molar-refractivity contribution in [2.75, 3.05) is 7.11 Å². The lowest BCUT2D eigenvalue weighted by Crippen LogP contribution is -2.21. The molecule has 0 radical (unpaired) electrons. The molecule has 0 aliphatic heterocycles. The second kappa shape index (κ2) is 4.96. The van der Waals surface area contributed by atoms with Crippen LogP contribution in [-0.4, -0.2) is 23.3 Å². The number of phenolic OH excluding ortho intramolecular Hbond substituents is 1. The van der Waals surface area contributed by atoms with Crippen molar-refractivity contribution in [3.8, 4) is 11.5 Å². The number of hydrogen-bond donors (Lipinski definition) is 2. The lowest BCUT2D eigenvalue weighted by Gasteiger charge is -2.24. The summed E-state index contributed by atoms with van der Waals surface area (Å²) in [6, 6.07) is 3.17. The number of phenols is 1. The predicted molar refractivity (Wildman–Crippen MR) is 67.6 cm³/mol. The Kier molecular flexibility index (Phi) is 4.03. The van der Waals surface area contributed by atoms with Crippen LogP contribution in [0.15, 0.2) is 16.6 Å². The van der Waals surface area contributed by atoms with Crippen LogP contribution in [0, 0.1) is 0 Å². The quantitative estimate of drug-likeness (QED) is 0.897. The van der Waals surface area contributed by atoms with Crippen molar-refractivity contribution in [3.05, 3.63) is 22.2 Å². The maximum absolute atomic E-state index is 10.8. The van der Waals surface area contributed by atoms with Gasteiger partial charge in [-0.1, -0.05) is 13.8 Å². The van der Waals surface area contributed by atoms with Gasteiger partial charge in [0.1, 0.15) is 11.5 Å². The second-order valence-electron chi connectivity index (χ2n) is 4.46. The summed E-state index contributed by atoms with van der Waals surface area (Å²) in [4.78, 5) is 10.8. The molecular weight excluding hydrogens is 288 g/mol. The number of aliphatic carboxylic acids is 1. The molecule has 1 aromatic rings. The number of carboxylic acids is 1. The Morgan fingerprint density at radius 3 is 2.53 bits per heavy atom. The summed E-state index contributed by atoms with van der Waals surface area (Å²) in [6.45, 7) is 3.55. The maximum Gasteiger partial charge on any atom is 0.304 e. The zero-order chi connectivity index (χ0) is 13.2. The number of halogens is 1. The molecule has 0 atom stereocenters. The first-order valence-electron chi connectivity index (χ1n) is 5.06. The minimum absolute atomic E-state index is 0.0382. The molecule has 0 fully saturated rings. The van der Waals surface area contributed by atoms with Crippen LogP contribution in [0.2, 0.25) is 0 Å². The highest BCUT2D eigenvalue weighted by Gasteiger charge is 2.28. The third-order valence-corrected chi connectivity index (χ3v) is 3.21. The van der Waals surface area contributed by atoms with Gasteiger partial charge in [0.25, 0.3) is 0 Å². The van der Waals surface area contributed by atoms with E-state index in [9.17, 15) is 9.90 Å². The van der Waals surface area contributed by atoms with Crippen LogP contribution in [0.5, 0.6) is 11.5 Å². The average molecular weight is 303 g/mol. The van der Waals surface area contributed by atoms with Crippen LogP contribution in [0.3, 0.4) is 0 Å². The Morgan fingerprint density at radius 2 is 2.06 bits per heavy atom. The van der Waals surface area contributed by atoms with E-state index in [2.05, 4.69) is 15.9 Å². The number of carbonyl (C=O) groups is 1. The summed E-state index contributed by atoms with van der Waals surface area (Å²) < 4.78 is 5.74. The van der Waals surface area contributed by atoms with E-state index in [1.807, 2.05) is 0 Å². The molecule has 0 spiro atoms. The molecule has 94 valence electrons. The molecule has 17 heavy (non-hydrogen) atoms. The van der Waals surface area contributed by atoms with Crippen molar-refractivity contribution >= 4 is 21.9 Å². The van der Waals surface area contributed by atoms with Gasteiger partial charge in [-0.25, -0.2) is 0 Å². The highest BCUT2D eigenvalue weighted by Crippen LogP contribution is 2.39. The number of rotatable bonds is 4. The monoisotopic (exact) mass is 302 g/mol. The summed E-state index contributed by atoms with van der Waals surface area (Å²) >= 11 is 3.32. The van der Waals surface area contributed by atoms with Gasteiger partial charge in [0, 0.05) is 17.0 Å². The first-order valence-corrected chi connectivity index (χ1v) is 5.86. The average Bonchev–Trinajstić information content (AvgIpc) is 2.18. The van der Waals surface area contributed by atoms with E-state index < -0.39 is 11.4 Å². The van der Waals surface area contributed by atoms with Crippen molar-refractivity contribution in [1.82, 2.24) is 0 Å². The predicted octanol–water partition coefficient (Wildman–Crippen LogP) is 2.92. The van der Waals surface area contributed by atoms with E-state index in [0.29, 0.717) is 15.8 Å². The first kappa shape index (κ1) is 13.8. The highest BCUT2D eigenvalue weighted by molar-refractivity contribution is 9.10. The molecule has 1 aromatic carbocycles. The molecule has 0 saturated carbocycles. The number of hydrogen-bond acceptors (Lipinski definition) is 3. The van der Waals surface area contributed by atoms with E-state index in [4.69, 9.17) is 9.84 Å². The zero-order valence-corrected chi connectivity index (χ0v) is 11.5. The molecule has 0 aliphatic rings. The Bertz CT molecular complexity index is 440. The van der Waals surface area contributed by atoms with Gasteiger partial charge in [-0.2, -0.15) is 0 Å². The first-order chi connectivity index (χ1) is 7.77. The number of benzene rings is 1. The molecule has 0 heterocycles. The van der Waals surface area contributed by atoms with Crippen LogP contribution < -0.4 is 4.74 Å². The van der Waals surface area contributed by atoms with Crippen LogP contribution in [0.1, 0.15) is 25.8 Å². The Balaban J connectivity index is 3.22. The van der Waals surface area contributed by atoms with Crippen LogP contribution in [0.4, 0.5) is 0 Å². The fourth-order valence-electron chi connectivity index (χ4n) is 1.71. The summed E-state index contributed by atoms with van der Waals surface area (Å²) in [5.74, 6) is -0.352. The van der Waals surface area contributed by atoms with Gasteiger partial charge in [-0.15, -0.1) is 0 Å². The lowest BCUT2D eigenvalue weighted by atomic mass is 9.81. The molecule has 0 saturated heterocycles. The molecule has 0 aliphatic carbocycles. The minimum atomic E-state index is -0.902. The SMILES string of the molecule is COc1cc(O)c(C(C)(C)CC(=O)O)cc1Br. The molecule has 5 heteroatoms. The third-order valence-electron chi connectivity index (χ3n) is 2.59. The fraction of sp³-hybridized carbons (Fsp3) is 0.417.